The van der Waals surface area contributed by atoms with Crippen LogP contribution in [-0.4, -0.2) is 29.9 Å². The van der Waals surface area contributed by atoms with Gasteiger partial charge in [-0.15, -0.1) is 22.7 Å². The summed E-state index contributed by atoms with van der Waals surface area (Å²) in [6.07, 6.45) is 0. The summed E-state index contributed by atoms with van der Waals surface area (Å²) in [7, 11) is 0. The van der Waals surface area contributed by atoms with Crippen molar-refractivity contribution in [2.45, 2.75) is 0 Å². The van der Waals surface area contributed by atoms with Crippen molar-refractivity contribution in [2.24, 2.45) is 0 Å². The Kier molecular flexibility index (Phi) is 16.9. The van der Waals surface area contributed by atoms with Gasteiger partial charge >= 0.3 is 0 Å². The molecular formula is C108H66N6S2. The number of hydrogen-bond donors (Lipinski definition) is 0. The molecule has 0 unspecified atom stereocenters. The Balaban J connectivity index is 0.000000141. The maximum absolute atomic E-state index is 5.57. The van der Waals surface area contributed by atoms with Crippen LogP contribution in [0.3, 0.4) is 0 Å². The zero-order valence-electron chi connectivity index (χ0n) is 62.6. The fraction of sp³-hybridized carbons (Fsp3) is 0. The van der Waals surface area contributed by atoms with Gasteiger partial charge in [0.05, 0.1) is 54.6 Å². The third kappa shape index (κ3) is 12.3. The summed E-state index contributed by atoms with van der Waals surface area (Å²) >= 11 is 3.67. The molecule has 8 heteroatoms. The van der Waals surface area contributed by atoms with Gasteiger partial charge in [-0.2, -0.15) is 0 Å². The van der Waals surface area contributed by atoms with Gasteiger partial charge < -0.3 is 0 Å². The molecule has 0 aliphatic rings. The van der Waals surface area contributed by atoms with Gasteiger partial charge in [-0.05, 0) is 137 Å². The second-order valence-corrected chi connectivity index (χ2v) is 31.6. The van der Waals surface area contributed by atoms with Gasteiger partial charge in [-0.25, -0.2) is 29.9 Å². The van der Waals surface area contributed by atoms with Crippen LogP contribution in [0.25, 0.3) is 229 Å². The van der Waals surface area contributed by atoms with E-state index in [4.69, 9.17) is 29.9 Å². The van der Waals surface area contributed by atoms with E-state index in [0.717, 1.165) is 112 Å². The summed E-state index contributed by atoms with van der Waals surface area (Å²) in [5, 5.41) is 17.3. The highest BCUT2D eigenvalue weighted by Crippen LogP contribution is 2.49. The van der Waals surface area contributed by atoms with Gasteiger partial charge in [0.2, 0.25) is 0 Å². The van der Waals surface area contributed by atoms with E-state index in [9.17, 15) is 0 Å². The van der Waals surface area contributed by atoms with Crippen LogP contribution in [0.1, 0.15) is 0 Å². The van der Waals surface area contributed by atoms with Crippen LogP contribution < -0.4 is 0 Å². The molecule has 6 aromatic heterocycles. The van der Waals surface area contributed by atoms with Crippen LogP contribution >= 0.6 is 22.7 Å². The first-order chi connectivity index (χ1) is 57.5. The van der Waals surface area contributed by atoms with E-state index in [0.29, 0.717) is 11.6 Å². The molecule has 6 heterocycles. The molecule has 23 aromatic rings. The van der Waals surface area contributed by atoms with Gasteiger partial charge in [-0.3, -0.25) is 0 Å². The minimum absolute atomic E-state index is 0.701. The van der Waals surface area contributed by atoms with E-state index < -0.39 is 0 Å². The van der Waals surface area contributed by atoms with Crippen LogP contribution in [0.15, 0.2) is 400 Å². The predicted molar refractivity (Wildman–Crippen MR) is 490 cm³/mol. The number of rotatable bonds is 11. The average molecular weight is 1510 g/mol. The van der Waals surface area contributed by atoms with Crippen LogP contribution in [-0.2, 0) is 0 Å². The molecule has 0 saturated carbocycles. The molecule has 0 N–H and O–H groups in total. The van der Waals surface area contributed by atoms with Crippen molar-refractivity contribution >= 4 is 128 Å². The first kappa shape index (κ1) is 68.0. The maximum atomic E-state index is 5.57. The summed E-state index contributed by atoms with van der Waals surface area (Å²) in [6, 6.07) is 142. The van der Waals surface area contributed by atoms with Crippen molar-refractivity contribution in [1.29, 1.82) is 0 Å². The second kappa shape index (κ2) is 28.7. The predicted octanol–water partition coefficient (Wildman–Crippen LogP) is 29.7. The highest BCUT2D eigenvalue weighted by molar-refractivity contribution is 7.27. The summed E-state index contributed by atoms with van der Waals surface area (Å²) in [5.41, 5.74) is 22.9. The molecule has 17 aromatic carbocycles. The van der Waals surface area contributed by atoms with Gasteiger partial charge in [0.15, 0.2) is 11.6 Å². The van der Waals surface area contributed by atoms with Gasteiger partial charge in [0.25, 0.3) is 0 Å². The molecule has 0 atom stereocenters. The van der Waals surface area contributed by atoms with Crippen molar-refractivity contribution < 1.29 is 0 Å². The van der Waals surface area contributed by atoms with Gasteiger partial charge in [0.1, 0.15) is 0 Å². The molecular weight excluding hydrogens is 1450 g/mol. The molecule has 0 fully saturated rings. The standard InChI is InChI=1S/C57H35N3S.C51H31N3S/c1-3-13-36(14-4-1)37-23-27-39(28-24-37)50-35-51(60-57(59-50)41-15-5-2-6-16-41)40-29-25-38(26-30-40)42-31-32-47-52(34-42)58-55(56-54(47)48-21-11-12-22-53(48)61-56)49-33-43-17-7-8-18-44(43)45-19-9-10-20-46(45)49;1-3-14-32(15-4-1)45-31-46(54-51(53-45)33-16-5-2-6-17-33)37-20-13-19-34(28-37)35-26-27-44-43(29-35)48-41-24-11-12-25-47(41)55-50(48)49(52-44)42-30-36-18-7-8-21-38(36)39-22-9-10-23-40(39)42/h1-35H;1-31H. The van der Waals surface area contributed by atoms with Crippen LogP contribution in [0.2, 0.25) is 0 Å². The van der Waals surface area contributed by atoms with E-state index >= 15 is 0 Å². The molecule has 0 aliphatic heterocycles. The average Bonchev–Trinajstić information content (AvgIpc) is 1.52. The van der Waals surface area contributed by atoms with Gasteiger partial charge in [0, 0.05) is 86.2 Å². The van der Waals surface area contributed by atoms with Crippen molar-refractivity contribution in [1.82, 2.24) is 29.9 Å². The summed E-state index contributed by atoms with van der Waals surface area (Å²) in [6.45, 7) is 0. The number of pyridine rings is 2. The fourth-order valence-corrected chi connectivity index (χ4v) is 19.3. The minimum atomic E-state index is 0.701. The first-order valence-electron chi connectivity index (χ1n) is 39.1. The lowest BCUT2D eigenvalue weighted by molar-refractivity contribution is 1.18. The van der Waals surface area contributed by atoms with E-state index in [1.54, 1.807) is 0 Å². The molecule has 0 aliphatic carbocycles. The van der Waals surface area contributed by atoms with E-state index in [-0.39, 0.29) is 0 Å². The number of fused-ring (bicyclic) bond motifs is 16. The smallest absolute Gasteiger partial charge is 0.160 e. The van der Waals surface area contributed by atoms with Crippen molar-refractivity contribution in [3.8, 4) is 124 Å². The Morgan fingerprint density at radius 2 is 0.509 bits per heavy atom. The molecule has 116 heavy (non-hydrogen) atoms. The summed E-state index contributed by atoms with van der Waals surface area (Å²) < 4.78 is 4.96. The summed E-state index contributed by atoms with van der Waals surface area (Å²) in [4.78, 5) is 31.4. The SMILES string of the molecule is c1ccc(-c2cc(-c3cccc(-c4ccc5nc(-c6cc7ccccc7c7ccccc67)c6sc7ccccc7c6c5c4)c3)nc(-c3ccccc3)n2)cc1.c1ccc(-c2ccc(-c3cc(-c4ccc(-c5ccc6c(c5)nc(-c5cc7ccccc7c7ccccc57)c5sc7ccccc7c56)cc4)nc(-c4ccccc4)n3)cc2)cc1. The van der Waals surface area contributed by atoms with E-state index in [2.05, 4.69) is 352 Å². The normalized spacial score (nSPS) is 11.6. The molecule has 0 bridgehead atoms. The first-order valence-corrected chi connectivity index (χ1v) is 40.7. The third-order valence-electron chi connectivity index (χ3n) is 22.5. The van der Waals surface area contributed by atoms with Crippen LogP contribution in [0.4, 0.5) is 0 Å². The number of aromatic nitrogens is 6. The molecule has 540 valence electrons. The van der Waals surface area contributed by atoms with Gasteiger partial charge in [-0.1, -0.05) is 340 Å². The Bertz CT molecular complexity index is 7740. The molecule has 6 nitrogen and oxygen atoms in total. The molecule has 0 amide bonds. The lowest BCUT2D eigenvalue weighted by Gasteiger charge is -2.14. The molecule has 23 rings (SSSR count). The van der Waals surface area contributed by atoms with E-state index in [1.165, 1.54) is 106 Å². The zero-order chi connectivity index (χ0) is 76.6. The van der Waals surface area contributed by atoms with Crippen LogP contribution in [0.5, 0.6) is 0 Å². The van der Waals surface area contributed by atoms with Crippen molar-refractivity contribution in [3.63, 3.8) is 0 Å². The number of hydrogen-bond acceptors (Lipinski definition) is 8. The number of thiophene rings is 2. The van der Waals surface area contributed by atoms with Crippen LogP contribution in [0, 0.1) is 0 Å². The third-order valence-corrected chi connectivity index (χ3v) is 24.9. The molecule has 0 radical (unpaired) electrons. The fourth-order valence-electron chi connectivity index (χ4n) is 16.9. The largest absolute Gasteiger partial charge is 0.246 e. The van der Waals surface area contributed by atoms with Crippen molar-refractivity contribution in [3.05, 3.63) is 400 Å². The highest BCUT2D eigenvalue weighted by atomic mass is 32.1. The number of nitrogens with zero attached hydrogens (tertiary/aromatic N) is 6. The Labute approximate surface area is 677 Å². The Morgan fingerprint density at radius 3 is 1.03 bits per heavy atom. The highest BCUT2D eigenvalue weighted by Gasteiger charge is 2.23. The van der Waals surface area contributed by atoms with Crippen molar-refractivity contribution in [2.75, 3.05) is 0 Å². The lowest BCUT2D eigenvalue weighted by atomic mass is 9.93. The topological polar surface area (TPSA) is 77.3 Å². The molecule has 0 spiro atoms. The van der Waals surface area contributed by atoms with E-state index in [1.807, 2.05) is 71.2 Å². The Hall–Kier alpha value is -14.8. The molecule has 0 saturated heterocycles. The zero-order valence-corrected chi connectivity index (χ0v) is 64.2. The number of benzene rings is 17. The second-order valence-electron chi connectivity index (χ2n) is 29.5. The monoisotopic (exact) mass is 1510 g/mol. The summed E-state index contributed by atoms with van der Waals surface area (Å²) in [5.74, 6) is 1.41. The minimum Gasteiger partial charge on any atom is -0.246 e. The Morgan fingerprint density at radius 1 is 0.172 bits per heavy atom. The maximum Gasteiger partial charge on any atom is 0.160 e. The lowest BCUT2D eigenvalue weighted by Crippen LogP contribution is -1.96. The quantitative estimate of drug-likeness (QED) is 0.120.